The van der Waals surface area contributed by atoms with E-state index in [1.54, 1.807) is 14.0 Å². The second kappa shape index (κ2) is 9.28. The second-order valence-electron chi connectivity index (χ2n) is 6.12. The summed E-state index contributed by atoms with van der Waals surface area (Å²) in [5.41, 5.74) is 0.198. The van der Waals surface area contributed by atoms with E-state index >= 15 is 0 Å². The Morgan fingerprint density at radius 1 is 1.12 bits per heavy atom. The van der Waals surface area contributed by atoms with Crippen LogP contribution in [0.1, 0.15) is 44.2 Å². The first-order valence-corrected chi connectivity index (χ1v) is 7.97. The van der Waals surface area contributed by atoms with Gasteiger partial charge in [0.25, 0.3) is 5.69 Å². The zero-order valence-electron chi connectivity index (χ0n) is 15.2. The smallest absolute Gasteiger partial charge is 0.305 e. The SMILES string of the molecule is COCCC(C)Nc1c([N+](=O)[O-])cc(C(C)C)c(COC)c1[N+](=O)[O-]. The number of nitro groups is 2. The number of rotatable bonds is 10. The molecule has 1 aromatic rings. The molecule has 0 bridgehead atoms. The number of nitrogens with zero attached hydrogens (tertiary/aromatic N) is 2. The van der Waals surface area contributed by atoms with E-state index in [0.717, 1.165) is 0 Å². The van der Waals surface area contributed by atoms with Crippen molar-refractivity contribution < 1.29 is 19.3 Å². The van der Waals surface area contributed by atoms with Crippen molar-refractivity contribution in [3.05, 3.63) is 37.4 Å². The van der Waals surface area contributed by atoms with Crippen LogP contribution in [0.15, 0.2) is 6.07 Å². The lowest BCUT2D eigenvalue weighted by Gasteiger charge is -2.19. The van der Waals surface area contributed by atoms with E-state index in [2.05, 4.69) is 5.32 Å². The predicted molar refractivity (Wildman–Crippen MR) is 94.1 cm³/mol. The highest BCUT2D eigenvalue weighted by molar-refractivity contribution is 5.78. The quantitative estimate of drug-likeness (QED) is 0.503. The van der Waals surface area contributed by atoms with Gasteiger partial charge in [-0.25, -0.2) is 0 Å². The molecule has 0 aliphatic rings. The summed E-state index contributed by atoms with van der Waals surface area (Å²) in [7, 11) is 2.98. The third kappa shape index (κ3) is 5.10. The molecule has 0 saturated heterocycles. The molecule has 1 atom stereocenters. The molecule has 0 saturated carbocycles. The lowest BCUT2D eigenvalue weighted by molar-refractivity contribution is -0.393. The summed E-state index contributed by atoms with van der Waals surface area (Å²) in [4.78, 5) is 22.1. The Labute approximate surface area is 146 Å². The Bertz CT molecular complexity index is 633. The highest BCUT2D eigenvalue weighted by atomic mass is 16.6. The van der Waals surface area contributed by atoms with Gasteiger partial charge in [-0.1, -0.05) is 13.8 Å². The molecule has 9 heteroatoms. The number of benzene rings is 1. The van der Waals surface area contributed by atoms with Gasteiger partial charge in [0.05, 0.1) is 22.0 Å². The molecule has 1 unspecified atom stereocenters. The van der Waals surface area contributed by atoms with Gasteiger partial charge >= 0.3 is 5.69 Å². The van der Waals surface area contributed by atoms with Crippen LogP contribution in [0.4, 0.5) is 17.1 Å². The third-order valence-corrected chi connectivity index (χ3v) is 3.86. The van der Waals surface area contributed by atoms with Gasteiger partial charge < -0.3 is 14.8 Å². The van der Waals surface area contributed by atoms with Crippen molar-refractivity contribution in [3.63, 3.8) is 0 Å². The Morgan fingerprint density at radius 2 is 1.76 bits per heavy atom. The minimum atomic E-state index is -0.596. The average Bonchev–Trinajstić information content (AvgIpc) is 2.52. The normalized spacial score (nSPS) is 12.2. The van der Waals surface area contributed by atoms with Crippen molar-refractivity contribution >= 4 is 17.1 Å². The summed E-state index contributed by atoms with van der Waals surface area (Å²) in [5.74, 6) is -0.123. The molecule has 0 heterocycles. The molecule has 1 aromatic carbocycles. The van der Waals surface area contributed by atoms with E-state index in [1.807, 2.05) is 13.8 Å². The topological polar surface area (TPSA) is 117 Å². The third-order valence-electron chi connectivity index (χ3n) is 3.86. The van der Waals surface area contributed by atoms with Crippen LogP contribution in [0.3, 0.4) is 0 Å². The van der Waals surface area contributed by atoms with E-state index in [-0.39, 0.29) is 35.6 Å². The van der Waals surface area contributed by atoms with Crippen molar-refractivity contribution in [2.75, 3.05) is 26.1 Å². The fourth-order valence-electron chi connectivity index (χ4n) is 2.63. The molecule has 140 valence electrons. The fraction of sp³-hybridized carbons (Fsp3) is 0.625. The van der Waals surface area contributed by atoms with Crippen molar-refractivity contribution in [2.24, 2.45) is 0 Å². The van der Waals surface area contributed by atoms with Crippen molar-refractivity contribution in [1.29, 1.82) is 0 Å². The van der Waals surface area contributed by atoms with Crippen LogP contribution in [-0.2, 0) is 16.1 Å². The average molecular weight is 355 g/mol. The lowest BCUT2D eigenvalue weighted by Crippen LogP contribution is -2.20. The highest BCUT2D eigenvalue weighted by Crippen LogP contribution is 2.42. The van der Waals surface area contributed by atoms with Crippen LogP contribution in [0.25, 0.3) is 0 Å². The maximum atomic E-state index is 11.7. The van der Waals surface area contributed by atoms with Gasteiger partial charge in [0, 0.05) is 32.9 Å². The zero-order chi connectivity index (χ0) is 19.1. The molecule has 0 aliphatic carbocycles. The summed E-state index contributed by atoms with van der Waals surface area (Å²) in [5, 5.41) is 26.2. The minimum Gasteiger partial charge on any atom is -0.385 e. The largest absolute Gasteiger partial charge is 0.385 e. The molecule has 0 fully saturated rings. The molecule has 0 amide bonds. The maximum absolute atomic E-state index is 11.7. The van der Waals surface area contributed by atoms with Crippen LogP contribution in [0, 0.1) is 20.2 Å². The van der Waals surface area contributed by atoms with Crippen LogP contribution < -0.4 is 5.32 Å². The second-order valence-corrected chi connectivity index (χ2v) is 6.12. The Balaban J connectivity index is 3.61. The lowest BCUT2D eigenvalue weighted by atomic mass is 9.94. The summed E-state index contributed by atoms with van der Waals surface area (Å²) in [6.45, 7) is 5.89. The van der Waals surface area contributed by atoms with Crippen LogP contribution in [-0.4, -0.2) is 36.7 Å². The molecule has 1 N–H and O–H groups in total. The minimum absolute atomic E-state index is 0.00293. The van der Waals surface area contributed by atoms with Gasteiger partial charge in [0.1, 0.15) is 0 Å². The number of hydrogen-bond donors (Lipinski definition) is 1. The van der Waals surface area contributed by atoms with Gasteiger partial charge in [0.2, 0.25) is 0 Å². The summed E-state index contributed by atoms with van der Waals surface area (Å²) < 4.78 is 10.1. The Hall–Kier alpha value is -2.26. The predicted octanol–water partition coefficient (Wildman–Crippen LogP) is 3.61. The van der Waals surface area contributed by atoms with Crippen molar-refractivity contribution in [3.8, 4) is 0 Å². The molecule has 1 rings (SSSR count). The van der Waals surface area contributed by atoms with E-state index in [0.29, 0.717) is 24.2 Å². The maximum Gasteiger partial charge on any atom is 0.305 e. The van der Waals surface area contributed by atoms with Gasteiger partial charge in [0.15, 0.2) is 5.69 Å². The molecule has 9 nitrogen and oxygen atoms in total. The standard InChI is InChI=1S/C16H25N3O6/c1-10(2)12-8-14(18(20)21)15(17-11(3)6-7-24-4)16(19(22)23)13(12)9-25-5/h8,10-11,17H,6-7,9H2,1-5H3. The Morgan fingerprint density at radius 3 is 2.20 bits per heavy atom. The number of methoxy groups -OCH3 is 2. The molecule has 0 aromatic heterocycles. The molecule has 25 heavy (non-hydrogen) atoms. The van der Waals surface area contributed by atoms with Gasteiger partial charge in [-0.05, 0) is 24.8 Å². The first-order chi connectivity index (χ1) is 11.7. The number of hydrogen-bond acceptors (Lipinski definition) is 7. The van der Waals surface area contributed by atoms with E-state index < -0.39 is 9.85 Å². The van der Waals surface area contributed by atoms with Crippen molar-refractivity contribution in [2.45, 2.75) is 45.8 Å². The number of nitro benzene ring substituents is 2. The van der Waals surface area contributed by atoms with Gasteiger partial charge in [-0.2, -0.15) is 0 Å². The molecular formula is C16H25N3O6. The monoisotopic (exact) mass is 355 g/mol. The van der Waals surface area contributed by atoms with Gasteiger partial charge in [-0.3, -0.25) is 20.2 Å². The van der Waals surface area contributed by atoms with E-state index in [4.69, 9.17) is 9.47 Å². The summed E-state index contributed by atoms with van der Waals surface area (Å²) >= 11 is 0. The number of nitrogens with one attached hydrogen (secondary N) is 1. The molecule has 0 spiro atoms. The molecular weight excluding hydrogens is 330 g/mol. The number of ether oxygens (including phenoxy) is 2. The van der Waals surface area contributed by atoms with Crippen LogP contribution in [0.2, 0.25) is 0 Å². The summed E-state index contributed by atoms with van der Waals surface area (Å²) in [6.07, 6.45) is 0.552. The number of anilines is 1. The van der Waals surface area contributed by atoms with Crippen LogP contribution in [0.5, 0.6) is 0 Å². The van der Waals surface area contributed by atoms with Gasteiger partial charge in [-0.15, -0.1) is 0 Å². The first-order valence-electron chi connectivity index (χ1n) is 7.97. The van der Waals surface area contributed by atoms with E-state index in [9.17, 15) is 20.2 Å². The molecule has 0 aliphatic heterocycles. The highest BCUT2D eigenvalue weighted by Gasteiger charge is 2.33. The fourth-order valence-corrected chi connectivity index (χ4v) is 2.63. The first kappa shape index (κ1) is 20.8. The van der Waals surface area contributed by atoms with E-state index in [1.165, 1.54) is 13.2 Å². The van der Waals surface area contributed by atoms with Crippen LogP contribution >= 0.6 is 0 Å². The zero-order valence-corrected chi connectivity index (χ0v) is 15.2. The molecule has 0 radical (unpaired) electrons. The van der Waals surface area contributed by atoms with Crippen molar-refractivity contribution in [1.82, 2.24) is 0 Å². The summed E-state index contributed by atoms with van der Waals surface area (Å²) in [6, 6.07) is 1.16. The Kier molecular flexibility index (Phi) is 7.72.